The number of nitrogens with zero attached hydrogens (tertiary/aromatic N) is 7. The van der Waals surface area contributed by atoms with Crippen LogP contribution in [0.5, 0.6) is 0 Å². The van der Waals surface area contributed by atoms with E-state index >= 15 is 4.79 Å². The van der Waals surface area contributed by atoms with Crippen molar-refractivity contribution in [2.24, 2.45) is 4.99 Å². The molecule has 0 saturated heterocycles. The zero-order valence-corrected chi connectivity index (χ0v) is 35.6. The van der Waals surface area contributed by atoms with E-state index in [1.807, 2.05) is 73.1 Å². The summed E-state index contributed by atoms with van der Waals surface area (Å²) in [5.41, 5.74) is 17.2. The highest BCUT2D eigenvalue weighted by Crippen LogP contribution is 2.36. The summed E-state index contributed by atoms with van der Waals surface area (Å²) in [6.07, 6.45) is 23.1. The first-order valence-corrected chi connectivity index (χ1v) is 21.4. The number of carbonyl (C=O) groups excluding carboxylic acids is 1. The number of hydrogen-bond acceptors (Lipinski definition) is 8. The van der Waals surface area contributed by atoms with Gasteiger partial charge in [-0.15, -0.1) is 0 Å². The van der Waals surface area contributed by atoms with E-state index in [1.54, 1.807) is 55.8 Å². The molecular weight excluding hydrogens is 799 g/mol. The number of allylic oxidation sites excluding steroid dienone is 3. The number of hydrogen-bond donors (Lipinski definition) is 0. The van der Waals surface area contributed by atoms with Gasteiger partial charge in [-0.2, -0.15) is 0 Å². The second-order valence-electron chi connectivity index (χ2n) is 16.0. The second-order valence-corrected chi connectivity index (χ2v) is 16.0. The zero-order chi connectivity index (χ0) is 44.0. The van der Waals surface area contributed by atoms with Crippen molar-refractivity contribution in [1.29, 1.82) is 0 Å². The van der Waals surface area contributed by atoms with E-state index in [4.69, 9.17) is 0 Å². The van der Waals surface area contributed by atoms with Crippen LogP contribution in [-0.4, -0.2) is 41.9 Å². The maximum atomic E-state index is 15.4. The molecule has 0 amide bonds. The standard InChI is InChI=1S/C57H41N7O/c1-38-14-15-47(34-58-17-16-38)39-6-2-7-40(24-39)48-28-49(41-8-3-11-44(25-41)54-35-59-18-21-62-54)31-52(30-48)57(65)53-32-50(42-9-4-12-45(26-42)55-36-60-19-22-63-55)29-51(33-53)43-10-5-13-46(27-43)56-37-61-20-23-64-56/h2-13,16-37H,14-15H2,1H3. The summed E-state index contributed by atoms with van der Waals surface area (Å²) in [4.78, 5) is 46.6. The van der Waals surface area contributed by atoms with Gasteiger partial charge in [-0.25, -0.2) is 0 Å². The minimum Gasteiger partial charge on any atom is -0.289 e. The van der Waals surface area contributed by atoms with E-state index in [1.165, 1.54) is 5.57 Å². The van der Waals surface area contributed by atoms with Crippen LogP contribution in [0, 0.1) is 0 Å². The molecule has 0 spiro atoms. The lowest BCUT2D eigenvalue weighted by Gasteiger charge is -2.15. The third-order valence-electron chi connectivity index (χ3n) is 11.6. The van der Waals surface area contributed by atoms with Crippen molar-refractivity contribution in [3.05, 3.63) is 224 Å². The molecule has 9 aromatic rings. The van der Waals surface area contributed by atoms with E-state index in [2.05, 4.69) is 121 Å². The monoisotopic (exact) mass is 839 g/mol. The Hall–Kier alpha value is -8.62. The van der Waals surface area contributed by atoms with E-state index in [-0.39, 0.29) is 5.78 Å². The van der Waals surface area contributed by atoms with Crippen LogP contribution in [0.15, 0.2) is 212 Å². The lowest BCUT2D eigenvalue weighted by Crippen LogP contribution is -2.04. The van der Waals surface area contributed by atoms with Gasteiger partial charge in [0.15, 0.2) is 5.78 Å². The summed E-state index contributed by atoms with van der Waals surface area (Å²) >= 11 is 0. The van der Waals surface area contributed by atoms with Gasteiger partial charge >= 0.3 is 0 Å². The fourth-order valence-electron chi connectivity index (χ4n) is 8.17. The van der Waals surface area contributed by atoms with Crippen LogP contribution in [0.1, 0.15) is 41.3 Å². The number of benzene rings is 6. The van der Waals surface area contributed by atoms with Gasteiger partial charge in [0.2, 0.25) is 0 Å². The summed E-state index contributed by atoms with van der Waals surface area (Å²) in [6.45, 7) is 2.14. The predicted molar refractivity (Wildman–Crippen MR) is 261 cm³/mol. The van der Waals surface area contributed by atoms with Crippen molar-refractivity contribution < 1.29 is 4.79 Å². The third kappa shape index (κ3) is 9.14. The SMILES string of the molecule is CC1=CC=NC=C(c2cccc(-c3cc(C(=O)c4cc(-c5cccc(-c6cnccn6)c5)cc(-c5cccc(-c6cnccn6)c5)c4)cc(-c4cccc(-c5cnccn5)c4)c3)c2)CC1. The van der Waals surface area contributed by atoms with Crippen LogP contribution in [0.4, 0.5) is 0 Å². The molecule has 0 bridgehead atoms. The van der Waals surface area contributed by atoms with Crippen molar-refractivity contribution in [3.8, 4) is 78.3 Å². The summed E-state index contributed by atoms with van der Waals surface area (Å²) in [5.74, 6) is -0.105. The fourth-order valence-corrected chi connectivity index (χ4v) is 8.17. The van der Waals surface area contributed by atoms with Crippen LogP contribution in [0.2, 0.25) is 0 Å². The van der Waals surface area contributed by atoms with E-state index in [9.17, 15) is 0 Å². The first-order chi connectivity index (χ1) is 32.0. The zero-order valence-electron chi connectivity index (χ0n) is 35.6. The van der Waals surface area contributed by atoms with Gasteiger partial charge in [-0.3, -0.25) is 39.7 Å². The number of aliphatic imine (C=N–C) groups is 1. The van der Waals surface area contributed by atoms with Gasteiger partial charge in [0.25, 0.3) is 0 Å². The molecule has 6 aromatic carbocycles. The first-order valence-electron chi connectivity index (χ1n) is 21.4. The lowest BCUT2D eigenvalue weighted by molar-refractivity contribution is 0.103. The molecule has 0 radical (unpaired) electrons. The molecule has 4 heterocycles. The Morgan fingerprint density at radius 3 is 1.18 bits per heavy atom. The third-order valence-corrected chi connectivity index (χ3v) is 11.6. The van der Waals surface area contributed by atoms with Crippen LogP contribution in [0.25, 0.3) is 83.9 Å². The smallest absolute Gasteiger partial charge is 0.193 e. The molecule has 3 aromatic heterocycles. The molecule has 8 nitrogen and oxygen atoms in total. The quantitative estimate of drug-likeness (QED) is 0.126. The van der Waals surface area contributed by atoms with Gasteiger partial charge in [-0.1, -0.05) is 78.4 Å². The fraction of sp³-hybridized carbons (Fsp3) is 0.0526. The molecule has 0 atom stereocenters. The highest BCUT2D eigenvalue weighted by molar-refractivity contribution is 6.11. The Bertz CT molecular complexity index is 3190. The molecule has 0 fully saturated rings. The first kappa shape index (κ1) is 40.5. The van der Waals surface area contributed by atoms with Gasteiger partial charge in [0.1, 0.15) is 0 Å². The molecule has 10 rings (SSSR count). The van der Waals surface area contributed by atoms with Crippen LogP contribution >= 0.6 is 0 Å². The molecule has 8 heteroatoms. The van der Waals surface area contributed by atoms with Crippen LogP contribution in [-0.2, 0) is 0 Å². The van der Waals surface area contributed by atoms with Gasteiger partial charge in [-0.05, 0) is 142 Å². The van der Waals surface area contributed by atoms with Crippen molar-refractivity contribution in [2.45, 2.75) is 19.8 Å². The summed E-state index contributed by atoms with van der Waals surface area (Å²) < 4.78 is 0. The lowest BCUT2D eigenvalue weighted by atomic mass is 9.89. The Morgan fingerprint density at radius 2 is 0.785 bits per heavy atom. The topological polar surface area (TPSA) is 107 Å². The maximum absolute atomic E-state index is 15.4. The maximum Gasteiger partial charge on any atom is 0.193 e. The predicted octanol–water partition coefficient (Wildman–Crippen LogP) is 13.1. The number of rotatable bonds is 10. The van der Waals surface area contributed by atoms with Gasteiger partial charge < -0.3 is 0 Å². The molecule has 1 aliphatic rings. The van der Waals surface area contributed by atoms with Crippen molar-refractivity contribution >= 4 is 17.6 Å². The highest BCUT2D eigenvalue weighted by atomic mass is 16.1. The summed E-state index contributed by atoms with van der Waals surface area (Å²) in [6, 6.07) is 45.5. The molecule has 0 N–H and O–H groups in total. The highest BCUT2D eigenvalue weighted by Gasteiger charge is 2.18. The van der Waals surface area contributed by atoms with Crippen molar-refractivity contribution in [3.63, 3.8) is 0 Å². The molecule has 310 valence electrons. The molecule has 0 unspecified atom stereocenters. The Labute approximate surface area is 377 Å². The normalized spacial score (nSPS) is 12.4. The van der Waals surface area contributed by atoms with E-state index in [0.717, 1.165) is 102 Å². The Kier molecular flexibility index (Phi) is 11.4. The average Bonchev–Trinajstić information content (AvgIpc) is 3.38. The summed E-state index contributed by atoms with van der Waals surface area (Å²) in [5, 5.41) is 0. The minimum atomic E-state index is -0.105. The summed E-state index contributed by atoms with van der Waals surface area (Å²) in [7, 11) is 0. The number of ketones is 1. The van der Waals surface area contributed by atoms with Crippen molar-refractivity contribution in [2.75, 3.05) is 0 Å². The van der Waals surface area contributed by atoms with E-state index in [0.29, 0.717) is 11.1 Å². The average molecular weight is 840 g/mol. The molecular formula is C57H41N7O. The molecule has 0 aliphatic carbocycles. The van der Waals surface area contributed by atoms with E-state index < -0.39 is 0 Å². The van der Waals surface area contributed by atoms with Crippen LogP contribution < -0.4 is 0 Å². The minimum absolute atomic E-state index is 0.105. The molecule has 1 aliphatic heterocycles. The largest absolute Gasteiger partial charge is 0.289 e. The Balaban J connectivity index is 1.12. The van der Waals surface area contributed by atoms with Gasteiger partial charge in [0, 0.05) is 77.4 Å². The van der Waals surface area contributed by atoms with Crippen molar-refractivity contribution in [1.82, 2.24) is 29.9 Å². The molecule has 0 saturated carbocycles. The second kappa shape index (κ2) is 18.4. The van der Waals surface area contributed by atoms with Crippen LogP contribution in [0.3, 0.4) is 0 Å². The number of aromatic nitrogens is 6. The number of carbonyl (C=O) groups is 1. The molecule has 65 heavy (non-hydrogen) atoms. The Morgan fingerprint density at radius 1 is 0.415 bits per heavy atom. The van der Waals surface area contributed by atoms with Gasteiger partial charge in [0.05, 0.1) is 35.7 Å².